The molecule has 1 aliphatic heterocycles. The predicted molar refractivity (Wildman–Crippen MR) is 48.8 cm³/mol. The van der Waals surface area contributed by atoms with Crippen LogP contribution in [0.15, 0.2) is 24.3 Å². The van der Waals surface area contributed by atoms with E-state index in [1.165, 1.54) is 11.3 Å². The van der Waals surface area contributed by atoms with Gasteiger partial charge in [0.2, 0.25) is 0 Å². The summed E-state index contributed by atoms with van der Waals surface area (Å²) in [5.74, 6) is 0. The standard InChI is InChI=1S/C9H12N3/c1-10-9-11-6-7-4-2-3-5-8(7)12-9/h2-5,9,11-12H,6H2,1H3. The Morgan fingerprint density at radius 3 is 3.08 bits per heavy atom. The zero-order chi connectivity index (χ0) is 8.39. The number of anilines is 1. The van der Waals surface area contributed by atoms with Crippen LogP contribution in [0.25, 0.3) is 0 Å². The summed E-state index contributed by atoms with van der Waals surface area (Å²) < 4.78 is 0. The molecule has 0 saturated carbocycles. The molecule has 0 spiro atoms. The van der Waals surface area contributed by atoms with E-state index < -0.39 is 0 Å². The van der Waals surface area contributed by atoms with Crippen LogP contribution in [0.5, 0.6) is 0 Å². The van der Waals surface area contributed by atoms with Crippen LogP contribution in [0.3, 0.4) is 0 Å². The molecule has 0 amide bonds. The van der Waals surface area contributed by atoms with Crippen molar-refractivity contribution in [1.82, 2.24) is 10.6 Å². The van der Waals surface area contributed by atoms with E-state index in [-0.39, 0.29) is 6.29 Å². The van der Waals surface area contributed by atoms with E-state index in [1.807, 2.05) is 12.1 Å². The Balaban J connectivity index is 2.23. The van der Waals surface area contributed by atoms with Crippen molar-refractivity contribution in [2.24, 2.45) is 0 Å². The minimum Gasteiger partial charge on any atom is -0.356 e. The van der Waals surface area contributed by atoms with Crippen molar-refractivity contribution in [3.05, 3.63) is 29.8 Å². The molecule has 0 aliphatic carbocycles. The normalized spacial score (nSPS) is 21.2. The van der Waals surface area contributed by atoms with Gasteiger partial charge in [-0.3, -0.25) is 5.32 Å². The minimum atomic E-state index is 0.0694. The molecule has 3 heteroatoms. The number of benzene rings is 1. The molecule has 63 valence electrons. The van der Waals surface area contributed by atoms with Gasteiger partial charge in [-0.2, -0.15) is 0 Å². The first-order valence-corrected chi connectivity index (χ1v) is 4.07. The highest BCUT2D eigenvalue weighted by Crippen LogP contribution is 2.18. The van der Waals surface area contributed by atoms with E-state index >= 15 is 0 Å². The molecule has 0 saturated heterocycles. The van der Waals surface area contributed by atoms with Crippen molar-refractivity contribution in [2.75, 3.05) is 12.4 Å². The van der Waals surface area contributed by atoms with Gasteiger partial charge in [-0.15, -0.1) is 0 Å². The van der Waals surface area contributed by atoms with Crippen LogP contribution >= 0.6 is 0 Å². The molecule has 0 bridgehead atoms. The number of hydrogen-bond acceptors (Lipinski definition) is 2. The molecule has 1 atom stereocenters. The fraction of sp³-hybridized carbons (Fsp3) is 0.333. The third-order valence-corrected chi connectivity index (χ3v) is 2.05. The molecular formula is C9H12N3. The van der Waals surface area contributed by atoms with Gasteiger partial charge >= 0.3 is 0 Å². The summed E-state index contributed by atoms with van der Waals surface area (Å²) in [7, 11) is 1.80. The van der Waals surface area contributed by atoms with Crippen molar-refractivity contribution < 1.29 is 0 Å². The highest BCUT2D eigenvalue weighted by atomic mass is 15.3. The van der Waals surface area contributed by atoms with Gasteiger partial charge in [-0.05, 0) is 11.6 Å². The van der Waals surface area contributed by atoms with E-state index in [2.05, 4.69) is 28.1 Å². The Kier molecular flexibility index (Phi) is 1.98. The van der Waals surface area contributed by atoms with Crippen LogP contribution in [-0.2, 0) is 6.54 Å². The smallest absolute Gasteiger partial charge is 0.147 e. The molecule has 0 fully saturated rings. The first-order chi connectivity index (χ1) is 5.90. The average Bonchev–Trinajstić information content (AvgIpc) is 2.17. The van der Waals surface area contributed by atoms with Gasteiger partial charge in [0.05, 0.1) is 0 Å². The number of fused-ring (bicyclic) bond motifs is 1. The largest absolute Gasteiger partial charge is 0.356 e. The second-order valence-corrected chi connectivity index (χ2v) is 2.84. The SMILES string of the molecule is C[N]C1NCc2ccccc2N1. The quantitative estimate of drug-likeness (QED) is 0.638. The number of hydrogen-bond donors (Lipinski definition) is 2. The number of para-hydroxylation sites is 1. The Morgan fingerprint density at radius 2 is 2.25 bits per heavy atom. The summed E-state index contributed by atoms with van der Waals surface area (Å²) >= 11 is 0. The highest BCUT2D eigenvalue weighted by molar-refractivity contribution is 5.52. The van der Waals surface area contributed by atoms with Crippen LogP contribution in [0.4, 0.5) is 5.69 Å². The van der Waals surface area contributed by atoms with E-state index in [0.717, 1.165) is 6.54 Å². The molecule has 3 nitrogen and oxygen atoms in total. The van der Waals surface area contributed by atoms with Crippen molar-refractivity contribution >= 4 is 5.69 Å². The van der Waals surface area contributed by atoms with Gasteiger partial charge in [0.15, 0.2) is 0 Å². The van der Waals surface area contributed by atoms with Crippen molar-refractivity contribution in [3.8, 4) is 0 Å². The van der Waals surface area contributed by atoms with Crippen molar-refractivity contribution in [2.45, 2.75) is 12.8 Å². The summed E-state index contributed by atoms with van der Waals surface area (Å²) in [5.41, 5.74) is 2.49. The van der Waals surface area contributed by atoms with Gasteiger partial charge in [0.1, 0.15) is 6.29 Å². The van der Waals surface area contributed by atoms with Crippen LogP contribution in [0, 0.1) is 0 Å². The second-order valence-electron chi connectivity index (χ2n) is 2.84. The lowest BCUT2D eigenvalue weighted by atomic mass is 10.1. The molecule has 1 aromatic carbocycles. The molecule has 12 heavy (non-hydrogen) atoms. The lowest BCUT2D eigenvalue weighted by Gasteiger charge is -2.26. The lowest BCUT2D eigenvalue weighted by Crippen LogP contribution is -2.45. The summed E-state index contributed by atoms with van der Waals surface area (Å²) in [6, 6.07) is 8.27. The molecule has 0 aromatic heterocycles. The number of nitrogens with zero attached hydrogens (tertiary/aromatic N) is 1. The molecular weight excluding hydrogens is 150 g/mol. The lowest BCUT2D eigenvalue weighted by molar-refractivity contribution is 0.478. The Morgan fingerprint density at radius 1 is 1.42 bits per heavy atom. The van der Waals surface area contributed by atoms with Crippen LogP contribution < -0.4 is 16.0 Å². The van der Waals surface area contributed by atoms with Crippen LogP contribution in [0.1, 0.15) is 5.56 Å². The first-order valence-electron chi connectivity index (χ1n) is 4.07. The molecule has 1 aromatic rings. The topological polar surface area (TPSA) is 38.2 Å². The van der Waals surface area contributed by atoms with E-state index in [0.29, 0.717) is 0 Å². The van der Waals surface area contributed by atoms with Crippen LogP contribution in [-0.4, -0.2) is 13.3 Å². The molecule has 2 N–H and O–H groups in total. The summed E-state index contributed by atoms with van der Waals surface area (Å²) in [4.78, 5) is 0. The third-order valence-electron chi connectivity index (χ3n) is 2.05. The van der Waals surface area contributed by atoms with Crippen molar-refractivity contribution in [3.63, 3.8) is 0 Å². The maximum Gasteiger partial charge on any atom is 0.147 e. The van der Waals surface area contributed by atoms with Gasteiger partial charge < -0.3 is 5.32 Å². The fourth-order valence-corrected chi connectivity index (χ4v) is 1.38. The maximum atomic E-state index is 4.12. The molecule has 1 radical (unpaired) electrons. The highest BCUT2D eigenvalue weighted by Gasteiger charge is 2.13. The number of rotatable bonds is 1. The zero-order valence-electron chi connectivity index (χ0n) is 7.04. The third kappa shape index (κ3) is 1.29. The zero-order valence-corrected chi connectivity index (χ0v) is 7.04. The second kappa shape index (κ2) is 3.13. The van der Waals surface area contributed by atoms with E-state index in [9.17, 15) is 0 Å². The summed E-state index contributed by atoms with van der Waals surface area (Å²) in [5, 5.41) is 10.6. The minimum absolute atomic E-state index is 0.0694. The molecule has 1 unspecified atom stereocenters. The molecule has 2 rings (SSSR count). The van der Waals surface area contributed by atoms with E-state index in [4.69, 9.17) is 0 Å². The molecule has 1 heterocycles. The summed E-state index contributed by atoms with van der Waals surface area (Å²) in [6.07, 6.45) is 0.0694. The van der Waals surface area contributed by atoms with Crippen LogP contribution in [0.2, 0.25) is 0 Å². The average molecular weight is 162 g/mol. The monoisotopic (exact) mass is 162 g/mol. The van der Waals surface area contributed by atoms with E-state index in [1.54, 1.807) is 7.05 Å². The van der Waals surface area contributed by atoms with Gasteiger partial charge in [0.25, 0.3) is 0 Å². The first kappa shape index (κ1) is 7.58. The van der Waals surface area contributed by atoms with Crippen molar-refractivity contribution in [1.29, 1.82) is 0 Å². The fourth-order valence-electron chi connectivity index (χ4n) is 1.38. The summed E-state index contributed by atoms with van der Waals surface area (Å²) in [6.45, 7) is 0.894. The Labute approximate surface area is 72.2 Å². The van der Waals surface area contributed by atoms with Gasteiger partial charge in [-0.1, -0.05) is 18.2 Å². The molecule has 1 aliphatic rings. The number of nitrogens with one attached hydrogen (secondary N) is 2. The Bertz CT molecular complexity index is 272. The van der Waals surface area contributed by atoms with Gasteiger partial charge in [-0.25, -0.2) is 5.32 Å². The Hall–Kier alpha value is -1.06. The predicted octanol–water partition coefficient (Wildman–Crippen LogP) is 0.719. The van der Waals surface area contributed by atoms with Gasteiger partial charge in [0, 0.05) is 19.3 Å². The maximum absolute atomic E-state index is 4.12.